The van der Waals surface area contributed by atoms with Crippen LogP contribution in [0.15, 0.2) is 24.3 Å². The van der Waals surface area contributed by atoms with E-state index in [0.29, 0.717) is 12.1 Å². The second-order valence-electron chi connectivity index (χ2n) is 6.34. The summed E-state index contributed by atoms with van der Waals surface area (Å²) in [5.74, 6) is 1.04. The average Bonchev–Trinajstić information content (AvgIpc) is 2.74. The van der Waals surface area contributed by atoms with Crippen LogP contribution in [0.3, 0.4) is 0 Å². The number of para-hydroxylation sites is 2. The van der Waals surface area contributed by atoms with Crippen molar-refractivity contribution in [1.82, 2.24) is 20.2 Å². The van der Waals surface area contributed by atoms with Gasteiger partial charge in [-0.05, 0) is 58.3 Å². The summed E-state index contributed by atoms with van der Waals surface area (Å²) in [5.41, 5.74) is 2.18. The zero-order chi connectivity index (χ0) is 14.7. The van der Waals surface area contributed by atoms with Gasteiger partial charge in [0.2, 0.25) is 0 Å². The third-order valence-electron chi connectivity index (χ3n) is 4.49. The molecule has 21 heavy (non-hydrogen) atoms. The molecule has 4 heteroatoms. The summed E-state index contributed by atoms with van der Waals surface area (Å²) in [5, 5.41) is 3.68. The second-order valence-corrected chi connectivity index (χ2v) is 6.34. The van der Waals surface area contributed by atoms with Crippen LogP contribution in [-0.2, 0) is 6.54 Å². The van der Waals surface area contributed by atoms with Gasteiger partial charge in [0, 0.05) is 12.1 Å². The van der Waals surface area contributed by atoms with Gasteiger partial charge in [0.1, 0.15) is 5.82 Å². The number of H-pyrrole nitrogens is 1. The van der Waals surface area contributed by atoms with Gasteiger partial charge in [0.05, 0.1) is 17.6 Å². The third-order valence-corrected chi connectivity index (χ3v) is 4.49. The maximum absolute atomic E-state index is 4.64. The summed E-state index contributed by atoms with van der Waals surface area (Å²) in [6.45, 7) is 7.86. The van der Waals surface area contributed by atoms with Crippen LogP contribution in [0.25, 0.3) is 11.0 Å². The summed E-state index contributed by atoms with van der Waals surface area (Å²) >= 11 is 0. The Morgan fingerprint density at radius 2 is 2.14 bits per heavy atom. The first-order valence-electron chi connectivity index (χ1n) is 8.13. The van der Waals surface area contributed by atoms with Crippen molar-refractivity contribution in [3.8, 4) is 0 Å². The Balaban J connectivity index is 1.55. The van der Waals surface area contributed by atoms with Gasteiger partial charge < -0.3 is 15.2 Å². The summed E-state index contributed by atoms with van der Waals surface area (Å²) in [6, 6.07) is 9.50. The number of benzene rings is 1. The van der Waals surface area contributed by atoms with Crippen molar-refractivity contribution in [2.45, 2.75) is 51.7 Å². The first-order valence-corrected chi connectivity index (χ1v) is 8.13. The molecule has 0 amide bonds. The van der Waals surface area contributed by atoms with Crippen LogP contribution in [0.2, 0.25) is 0 Å². The number of rotatable bonds is 4. The molecular formula is C17H26N4. The van der Waals surface area contributed by atoms with Crippen LogP contribution in [0.1, 0.15) is 38.9 Å². The first-order chi connectivity index (χ1) is 10.2. The van der Waals surface area contributed by atoms with Gasteiger partial charge in [-0.3, -0.25) is 0 Å². The van der Waals surface area contributed by atoms with Crippen molar-refractivity contribution in [2.24, 2.45) is 0 Å². The van der Waals surface area contributed by atoms with Gasteiger partial charge in [0.15, 0.2) is 0 Å². The van der Waals surface area contributed by atoms with Crippen LogP contribution < -0.4 is 5.32 Å². The highest BCUT2D eigenvalue weighted by Crippen LogP contribution is 2.14. The fourth-order valence-electron chi connectivity index (χ4n) is 3.17. The van der Waals surface area contributed by atoms with Crippen molar-refractivity contribution in [3.05, 3.63) is 30.1 Å². The van der Waals surface area contributed by atoms with Crippen LogP contribution >= 0.6 is 0 Å². The molecule has 3 rings (SSSR count). The zero-order valence-electron chi connectivity index (χ0n) is 13.1. The molecule has 4 nitrogen and oxygen atoms in total. The minimum Gasteiger partial charge on any atom is -0.341 e. The van der Waals surface area contributed by atoms with Crippen LogP contribution in [0.5, 0.6) is 0 Å². The topological polar surface area (TPSA) is 44.0 Å². The van der Waals surface area contributed by atoms with E-state index in [1.165, 1.54) is 32.4 Å². The molecule has 0 aliphatic carbocycles. The number of fused-ring (bicyclic) bond motifs is 1. The van der Waals surface area contributed by atoms with E-state index >= 15 is 0 Å². The Kier molecular flexibility index (Phi) is 4.56. The Labute approximate surface area is 126 Å². The van der Waals surface area contributed by atoms with E-state index in [-0.39, 0.29) is 0 Å². The Bertz CT molecular complexity index is 542. The van der Waals surface area contributed by atoms with Gasteiger partial charge in [-0.1, -0.05) is 12.1 Å². The summed E-state index contributed by atoms with van der Waals surface area (Å²) < 4.78 is 0. The number of aromatic nitrogens is 2. The number of nitrogens with one attached hydrogen (secondary N) is 2. The highest BCUT2D eigenvalue weighted by molar-refractivity contribution is 5.74. The summed E-state index contributed by atoms with van der Waals surface area (Å²) in [6.07, 6.45) is 3.79. The van der Waals surface area contributed by atoms with Crippen LogP contribution in [0.4, 0.5) is 0 Å². The minimum atomic E-state index is 0.613. The number of imidazole rings is 1. The van der Waals surface area contributed by atoms with E-state index in [1.54, 1.807) is 0 Å². The average molecular weight is 286 g/mol. The maximum Gasteiger partial charge on any atom is 0.121 e. The molecule has 1 fully saturated rings. The van der Waals surface area contributed by atoms with Crippen molar-refractivity contribution in [3.63, 3.8) is 0 Å². The molecule has 1 aliphatic rings. The Morgan fingerprint density at radius 3 is 2.95 bits per heavy atom. The molecule has 0 spiro atoms. The summed E-state index contributed by atoms with van der Waals surface area (Å²) in [4.78, 5) is 10.6. The quantitative estimate of drug-likeness (QED) is 0.908. The predicted molar refractivity (Wildman–Crippen MR) is 87.3 cm³/mol. The van der Waals surface area contributed by atoms with E-state index < -0.39 is 0 Å². The number of nitrogens with zero attached hydrogens (tertiary/aromatic N) is 2. The molecule has 114 valence electrons. The Morgan fingerprint density at radius 1 is 1.29 bits per heavy atom. The van der Waals surface area contributed by atoms with Crippen molar-refractivity contribution < 1.29 is 0 Å². The largest absolute Gasteiger partial charge is 0.341 e. The molecule has 2 heterocycles. The lowest BCUT2D eigenvalue weighted by molar-refractivity contribution is 0.229. The fraction of sp³-hybridized carbons (Fsp3) is 0.588. The molecule has 0 bridgehead atoms. The molecule has 1 unspecified atom stereocenters. The molecule has 0 saturated carbocycles. The highest BCUT2D eigenvalue weighted by atomic mass is 15.2. The van der Waals surface area contributed by atoms with E-state index in [2.05, 4.69) is 46.2 Å². The molecule has 1 atom stereocenters. The van der Waals surface area contributed by atoms with Crippen molar-refractivity contribution in [2.75, 3.05) is 13.1 Å². The molecular weight excluding hydrogens is 260 g/mol. The molecule has 1 saturated heterocycles. The van der Waals surface area contributed by atoms with E-state index in [4.69, 9.17) is 0 Å². The lowest BCUT2D eigenvalue weighted by Gasteiger charge is -2.24. The monoisotopic (exact) mass is 286 g/mol. The molecule has 0 radical (unpaired) electrons. The third kappa shape index (κ3) is 3.63. The Hall–Kier alpha value is -1.39. The molecule has 1 aromatic carbocycles. The molecule has 2 aromatic rings. The smallest absolute Gasteiger partial charge is 0.121 e. The predicted octanol–water partition coefficient (Wildman–Crippen LogP) is 2.92. The maximum atomic E-state index is 4.64. The second kappa shape index (κ2) is 6.58. The summed E-state index contributed by atoms with van der Waals surface area (Å²) in [7, 11) is 0. The molecule has 1 aliphatic heterocycles. The number of aromatic amines is 1. The minimum absolute atomic E-state index is 0.613. The normalized spacial score (nSPS) is 21.0. The van der Waals surface area contributed by atoms with Crippen molar-refractivity contribution >= 4 is 11.0 Å². The molecule has 2 N–H and O–H groups in total. The van der Waals surface area contributed by atoms with Gasteiger partial charge in [-0.25, -0.2) is 4.98 Å². The van der Waals surface area contributed by atoms with Gasteiger partial charge in [0.25, 0.3) is 0 Å². The van der Waals surface area contributed by atoms with Gasteiger partial charge in [-0.2, -0.15) is 0 Å². The lowest BCUT2D eigenvalue weighted by Crippen LogP contribution is -2.34. The SMILES string of the molecule is CC(C)N1CCCC(NCc2nc3ccccc3[nH]2)CC1. The highest BCUT2D eigenvalue weighted by Gasteiger charge is 2.18. The lowest BCUT2D eigenvalue weighted by atomic mass is 10.1. The number of likely N-dealkylation sites (tertiary alicyclic amines) is 1. The van der Waals surface area contributed by atoms with Crippen LogP contribution in [-0.4, -0.2) is 40.0 Å². The van der Waals surface area contributed by atoms with E-state index in [1.807, 2.05) is 12.1 Å². The zero-order valence-corrected chi connectivity index (χ0v) is 13.1. The van der Waals surface area contributed by atoms with Gasteiger partial charge in [-0.15, -0.1) is 0 Å². The van der Waals surface area contributed by atoms with Crippen LogP contribution in [0, 0.1) is 0 Å². The first kappa shape index (κ1) is 14.5. The standard InChI is InChI=1S/C17H26N4/c1-13(2)21-10-5-6-14(9-11-21)18-12-17-19-15-7-3-4-8-16(15)20-17/h3-4,7-8,13-14,18H,5-6,9-12H2,1-2H3,(H,19,20). The fourth-order valence-corrected chi connectivity index (χ4v) is 3.17. The number of hydrogen-bond donors (Lipinski definition) is 2. The number of hydrogen-bond acceptors (Lipinski definition) is 3. The van der Waals surface area contributed by atoms with E-state index in [9.17, 15) is 0 Å². The molecule has 1 aromatic heterocycles. The van der Waals surface area contributed by atoms with E-state index in [0.717, 1.165) is 23.4 Å². The van der Waals surface area contributed by atoms with Crippen molar-refractivity contribution in [1.29, 1.82) is 0 Å². The van der Waals surface area contributed by atoms with Gasteiger partial charge >= 0.3 is 0 Å².